The van der Waals surface area contributed by atoms with Crippen molar-refractivity contribution in [2.75, 3.05) is 12.4 Å². The third kappa shape index (κ3) is 2.31. The molecule has 2 amide bonds. The summed E-state index contributed by atoms with van der Waals surface area (Å²) in [5, 5.41) is 10.8. The maximum Gasteiger partial charge on any atom is 0.323 e. The lowest BCUT2D eigenvalue weighted by molar-refractivity contribution is 0.204. The summed E-state index contributed by atoms with van der Waals surface area (Å²) in [5.41, 5.74) is 4.18. The molecule has 3 rings (SSSR count). The second kappa shape index (κ2) is 4.97. The zero-order chi connectivity index (χ0) is 13.2. The maximum absolute atomic E-state index is 12.2. The maximum atomic E-state index is 12.2. The van der Waals surface area contributed by atoms with Crippen molar-refractivity contribution in [2.45, 2.75) is 18.9 Å². The lowest BCUT2D eigenvalue weighted by atomic mass is 10.1. The molecule has 6 heteroatoms. The topological polar surface area (TPSA) is 58.1 Å². The Morgan fingerprint density at radius 1 is 1.47 bits per heavy atom. The van der Waals surface area contributed by atoms with Crippen LogP contribution < -0.4 is 5.32 Å². The fraction of sp³-hybridized carbons (Fsp3) is 0.308. The molecule has 5 nitrogen and oxygen atoms in total. The minimum atomic E-state index is -0.140. The van der Waals surface area contributed by atoms with Crippen LogP contribution in [0.3, 0.4) is 0 Å². The van der Waals surface area contributed by atoms with Gasteiger partial charge in [-0.15, -0.1) is 10.2 Å². The molecule has 1 aromatic heterocycles. The SMILES string of the molecule is CN(C(=O)Nc1nncs1)[C@@H]1CCc2ccccc21. The van der Waals surface area contributed by atoms with Crippen molar-refractivity contribution in [3.8, 4) is 0 Å². The Hall–Kier alpha value is -1.95. The zero-order valence-electron chi connectivity index (χ0n) is 10.5. The number of nitrogens with one attached hydrogen (secondary N) is 1. The number of nitrogens with zero attached hydrogens (tertiary/aromatic N) is 3. The van der Waals surface area contributed by atoms with Gasteiger partial charge in [-0.2, -0.15) is 0 Å². The molecule has 2 aromatic rings. The molecule has 1 heterocycles. The normalized spacial score (nSPS) is 17.0. The molecule has 1 aliphatic rings. The molecule has 1 atom stereocenters. The van der Waals surface area contributed by atoms with Crippen molar-refractivity contribution in [1.29, 1.82) is 0 Å². The highest BCUT2D eigenvalue weighted by Gasteiger charge is 2.28. The number of benzene rings is 1. The minimum Gasteiger partial charge on any atom is -0.320 e. The predicted molar refractivity (Wildman–Crippen MR) is 74.2 cm³/mol. The molecule has 19 heavy (non-hydrogen) atoms. The monoisotopic (exact) mass is 274 g/mol. The largest absolute Gasteiger partial charge is 0.323 e. The number of anilines is 1. The zero-order valence-corrected chi connectivity index (χ0v) is 11.4. The van der Waals surface area contributed by atoms with Gasteiger partial charge in [0.2, 0.25) is 5.13 Å². The first-order valence-corrected chi connectivity index (χ1v) is 7.01. The number of aromatic nitrogens is 2. The molecule has 0 saturated carbocycles. The third-order valence-electron chi connectivity index (χ3n) is 3.46. The molecule has 98 valence electrons. The molecule has 0 fully saturated rings. The molecule has 0 unspecified atom stereocenters. The van der Waals surface area contributed by atoms with Crippen LogP contribution in [-0.4, -0.2) is 28.2 Å². The number of hydrogen-bond donors (Lipinski definition) is 1. The van der Waals surface area contributed by atoms with Gasteiger partial charge >= 0.3 is 6.03 Å². The average molecular weight is 274 g/mol. The number of urea groups is 1. The van der Waals surface area contributed by atoms with Crippen LogP contribution in [0, 0.1) is 0 Å². The Balaban J connectivity index is 1.74. The smallest absolute Gasteiger partial charge is 0.320 e. The van der Waals surface area contributed by atoms with Crippen LogP contribution in [-0.2, 0) is 6.42 Å². The van der Waals surface area contributed by atoms with Crippen molar-refractivity contribution in [3.63, 3.8) is 0 Å². The first-order chi connectivity index (χ1) is 9.25. The summed E-state index contributed by atoms with van der Waals surface area (Å²) in [4.78, 5) is 13.9. The number of carbonyl (C=O) groups excluding carboxylic acids is 1. The highest BCUT2D eigenvalue weighted by atomic mass is 32.1. The van der Waals surface area contributed by atoms with Crippen LogP contribution in [0.25, 0.3) is 0 Å². The molecule has 0 radical (unpaired) electrons. The second-order valence-corrected chi connectivity index (χ2v) is 5.37. The van der Waals surface area contributed by atoms with Gasteiger partial charge in [0.1, 0.15) is 5.51 Å². The molecule has 1 aromatic carbocycles. The number of amides is 2. The van der Waals surface area contributed by atoms with Crippen LogP contribution in [0.15, 0.2) is 29.8 Å². The van der Waals surface area contributed by atoms with Crippen LogP contribution in [0.1, 0.15) is 23.6 Å². The number of fused-ring (bicyclic) bond motifs is 1. The fourth-order valence-electron chi connectivity index (χ4n) is 2.49. The quantitative estimate of drug-likeness (QED) is 0.916. The van der Waals surface area contributed by atoms with E-state index in [0.717, 1.165) is 12.8 Å². The van der Waals surface area contributed by atoms with E-state index in [-0.39, 0.29) is 12.1 Å². The van der Waals surface area contributed by atoms with Gasteiger partial charge in [-0.05, 0) is 24.0 Å². The van der Waals surface area contributed by atoms with Crippen molar-refractivity contribution in [3.05, 3.63) is 40.9 Å². The highest BCUT2D eigenvalue weighted by Crippen LogP contribution is 2.34. The summed E-state index contributed by atoms with van der Waals surface area (Å²) < 4.78 is 0. The van der Waals surface area contributed by atoms with E-state index in [1.807, 2.05) is 19.2 Å². The number of rotatable bonds is 2. The number of carbonyl (C=O) groups is 1. The summed E-state index contributed by atoms with van der Waals surface area (Å²) in [6.45, 7) is 0. The van der Waals surface area contributed by atoms with Gasteiger partial charge in [0.05, 0.1) is 6.04 Å². The van der Waals surface area contributed by atoms with Gasteiger partial charge in [0.25, 0.3) is 0 Å². The molecular weight excluding hydrogens is 260 g/mol. The van der Waals surface area contributed by atoms with Crippen LogP contribution in [0.2, 0.25) is 0 Å². The molecule has 0 spiro atoms. The molecule has 1 N–H and O–H groups in total. The van der Waals surface area contributed by atoms with E-state index in [1.54, 1.807) is 10.4 Å². The van der Waals surface area contributed by atoms with Crippen molar-refractivity contribution in [2.24, 2.45) is 0 Å². The lowest BCUT2D eigenvalue weighted by Gasteiger charge is -2.25. The van der Waals surface area contributed by atoms with Gasteiger partial charge in [-0.3, -0.25) is 5.32 Å². The Morgan fingerprint density at radius 2 is 2.32 bits per heavy atom. The van der Waals surface area contributed by atoms with Gasteiger partial charge in [-0.25, -0.2) is 4.79 Å². The third-order valence-corrected chi connectivity index (χ3v) is 4.07. The van der Waals surface area contributed by atoms with Gasteiger partial charge in [-0.1, -0.05) is 35.6 Å². The van der Waals surface area contributed by atoms with Crippen LogP contribution >= 0.6 is 11.3 Å². The van der Waals surface area contributed by atoms with Crippen molar-refractivity contribution < 1.29 is 4.79 Å². The summed E-state index contributed by atoms with van der Waals surface area (Å²) in [5.74, 6) is 0. The van der Waals surface area contributed by atoms with E-state index < -0.39 is 0 Å². The molecule has 0 aliphatic heterocycles. The number of hydrogen-bond acceptors (Lipinski definition) is 4. The fourth-order valence-corrected chi connectivity index (χ4v) is 2.92. The lowest BCUT2D eigenvalue weighted by Crippen LogP contribution is -2.33. The molecule has 0 saturated heterocycles. The van der Waals surface area contributed by atoms with Gasteiger partial charge in [0, 0.05) is 7.05 Å². The Labute approximate surface area is 115 Å². The van der Waals surface area contributed by atoms with Crippen LogP contribution in [0.5, 0.6) is 0 Å². The standard InChI is InChI=1S/C13H14N4OS/c1-17(13(18)15-12-16-14-8-19-12)11-7-6-9-4-2-3-5-10(9)11/h2-5,8,11H,6-7H2,1H3,(H,15,16,18)/t11-/m1/s1. The van der Waals surface area contributed by atoms with E-state index in [1.165, 1.54) is 22.5 Å². The molecular formula is C13H14N4OS. The van der Waals surface area contributed by atoms with Crippen molar-refractivity contribution in [1.82, 2.24) is 15.1 Å². The summed E-state index contributed by atoms with van der Waals surface area (Å²) >= 11 is 1.32. The van der Waals surface area contributed by atoms with Gasteiger partial charge in [0.15, 0.2) is 0 Å². The molecule has 0 bridgehead atoms. The minimum absolute atomic E-state index is 0.140. The van der Waals surface area contributed by atoms with Crippen LogP contribution in [0.4, 0.5) is 9.93 Å². The number of aryl methyl sites for hydroxylation is 1. The van der Waals surface area contributed by atoms with E-state index >= 15 is 0 Å². The van der Waals surface area contributed by atoms with Crippen molar-refractivity contribution >= 4 is 22.5 Å². The summed E-state index contributed by atoms with van der Waals surface area (Å²) in [6.07, 6.45) is 2.00. The average Bonchev–Trinajstić information content (AvgIpc) is 3.06. The summed E-state index contributed by atoms with van der Waals surface area (Å²) in [7, 11) is 1.82. The van der Waals surface area contributed by atoms with E-state index in [2.05, 4.69) is 27.6 Å². The first-order valence-electron chi connectivity index (χ1n) is 6.13. The van der Waals surface area contributed by atoms with Gasteiger partial charge < -0.3 is 4.90 Å². The highest BCUT2D eigenvalue weighted by molar-refractivity contribution is 7.13. The Bertz CT molecular complexity index is 584. The Morgan fingerprint density at radius 3 is 3.11 bits per heavy atom. The first kappa shape index (κ1) is 12.1. The Kier molecular flexibility index (Phi) is 3.16. The molecule has 1 aliphatic carbocycles. The second-order valence-electron chi connectivity index (χ2n) is 4.54. The van der Waals surface area contributed by atoms with E-state index in [9.17, 15) is 4.79 Å². The summed E-state index contributed by atoms with van der Waals surface area (Å²) in [6, 6.07) is 8.30. The predicted octanol–water partition coefficient (Wildman–Crippen LogP) is 2.69. The van der Waals surface area contributed by atoms with E-state index in [0.29, 0.717) is 5.13 Å². The van der Waals surface area contributed by atoms with E-state index in [4.69, 9.17) is 0 Å².